The molecule has 4 nitrogen and oxygen atoms in total. The normalized spacial score (nSPS) is 10.3. The molecule has 5 heteroatoms. The van der Waals surface area contributed by atoms with Gasteiger partial charge < -0.3 is 10.6 Å². The summed E-state index contributed by atoms with van der Waals surface area (Å²) < 4.78 is 0. The van der Waals surface area contributed by atoms with E-state index in [-0.39, 0.29) is 11.8 Å². The van der Waals surface area contributed by atoms with Crippen LogP contribution in [0.1, 0.15) is 27.9 Å². The first-order chi connectivity index (χ1) is 13.6. The van der Waals surface area contributed by atoms with Crippen molar-refractivity contribution in [2.45, 2.75) is 19.4 Å². The van der Waals surface area contributed by atoms with Gasteiger partial charge >= 0.3 is 0 Å². The van der Waals surface area contributed by atoms with E-state index in [2.05, 4.69) is 10.6 Å². The fourth-order valence-corrected chi connectivity index (χ4v) is 3.02. The molecule has 0 aliphatic heterocycles. The van der Waals surface area contributed by atoms with Crippen molar-refractivity contribution in [3.63, 3.8) is 0 Å². The molecule has 0 spiro atoms. The molecule has 3 rings (SSSR count). The molecule has 0 atom stereocenters. The number of nitrogens with one attached hydrogen (secondary N) is 2. The van der Waals surface area contributed by atoms with Crippen molar-refractivity contribution in [3.05, 3.63) is 101 Å². The smallest absolute Gasteiger partial charge is 0.251 e. The van der Waals surface area contributed by atoms with Crippen LogP contribution in [0, 0.1) is 0 Å². The van der Waals surface area contributed by atoms with Crippen molar-refractivity contribution in [1.82, 2.24) is 5.32 Å². The van der Waals surface area contributed by atoms with E-state index in [0.29, 0.717) is 35.7 Å². The lowest BCUT2D eigenvalue weighted by atomic mass is 10.1. The zero-order valence-corrected chi connectivity index (χ0v) is 16.1. The van der Waals surface area contributed by atoms with Gasteiger partial charge in [-0.15, -0.1) is 0 Å². The fraction of sp³-hybridized carbons (Fsp3) is 0.130. The molecule has 3 aromatic carbocycles. The molecule has 0 heterocycles. The van der Waals surface area contributed by atoms with Crippen LogP contribution in [0.25, 0.3) is 0 Å². The number of aryl methyl sites for hydroxylation is 1. The van der Waals surface area contributed by atoms with Gasteiger partial charge in [0.15, 0.2) is 0 Å². The first-order valence-electron chi connectivity index (χ1n) is 9.07. The van der Waals surface area contributed by atoms with Gasteiger partial charge in [-0.3, -0.25) is 9.59 Å². The van der Waals surface area contributed by atoms with E-state index in [0.717, 1.165) is 11.1 Å². The average molecular weight is 393 g/mol. The van der Waals surface area contributed by atoms with Gasteiger partial charge in [-0.2, -0.15) is 0 Å². The van der Waals surface area contributed by atoms with Crippen molar-refractivity contribution in [1.29, 1.82) is 0 Å². The summed E-state index contributed by atoms with van der Waals surface area (Å²) in [6, 6.07) is 24.1. The molecule has 0 saturated heterocycles. The Morgan fingerprint density at radius 2 is 1.61 bits per heavy atom. The summed E-state index contributed by atoms with van der Waals surface area (Å²) in [6.45, 7) is 0.452. The van der Waals surface area contributed by atoms with Crippen LogP contribution in [-0.4, -0.2) is 11.8 Å². The predicted octanol–water partition coefficient (Wildman–Crippen LogP) is 4.84. The summed E-state index contributed by atoms with van der Waals surface area (Å²) in [4.78, 5) is 24.6. The molecule has 0 aliphatic carbocycles. The maximum atomic E-state index is 12.4. The molecule has 28 heavy (non-hydrogen) atoms. The lowest BCUT2D eigenvalue weighted by Gasteiger charge is -2.09. The molecule has 0 aliphatic rings. The van der Waals surface area contributed by atoms with Gasteiger partial charge in [0.05, 0.1) is 0 Å². The van der Waals surface area contributed by atoms with E-state index < -0.39 is 0 Å². The van der Waals surface area contributed by atoms with Crippen LogP contribution in [0.2, 0.25) is 5.02 Å². The van der Waals surface area contributed by atoms with Crippen molar-refractivity contribution in [3.8, 4) is 0 Å². The third-order valence-electron chi connectivity index (χ3n) is 4.28. The summed E-state index contributed by atoms with van der Waals surface area (Å²) in [5.41, 5.74) is 3.06. The SMILES string of the molecule is O=C(CCc1ccccc1Cl)Nc1cccc(C(=O)NCc2ccccc2)c1. The van der Waals surface area contributed by atoms with Gasteiger partial charge in [0.2, 0.25) is 5.91 Å². The molecule has 0 bridgehead atoms. The minimum atomic E-state index is -0.184. The number of amides is 2. The van der Waals surface area contributed by atoms with Gasteiger partial charge in [0, 0.05) is 29.2 Å². The number of hydrogen-bond donors (Lipinski definition) is 2. The lowest BCUT2D eigenvalue weighted by Crippen LogP contribution is -2.23. The molecule has 3 aromatic rings. The van der Waals surface area contributed by atoms with Crippen molar-refractivity contribution >= 4 is 29.1 Å². The minimum Gasteiger partial charge on any atom is -0.348 e. The predicted molar refractivity (Wildman–Crippen MR) is 112 cm³/mol. The van der Waals surface area contributed by atoms with E-state index >= 15 is 0 Å². The number of anilines is 1. The summed E-state index contributed by atoms with van der Waals surface area (Å²) in [7, 11) is 0. The van der Waals surface area contributed by atoms with E-state index in [1.165, 1.54) is 0 Å². The van der Waals surface area contributed by atoms with Crippen LogP contribution in [0.4, 0.5) is 5.69 Å². The molecular formula is C23H21ClN2O2. The molecule has 0 fully saturated rings. The van der Waals surface area contributed by atoms with Crippen LogP contribution in [0.3, 0.4) is 0 Å². The largest absolute Gasteiger partial charge is 0.348 e. The number of carbonyl (C=O) groups excluding carboxylic acids is 2. The van der Waals surface area contributed by atoms with Gasteiger partial charge in [-0.1, -0.05) is 66.2 Å². The maximum Gasteiger partial charge on any atom is 0.251 e. The summed E-state index contributed by atoms with van der Waals surface area (Å²) >= 11 is 6.12. The van der Waals surface area contributed by atoms with E-state index in [1.807, 2.05) is 54.6 Å². The first kappa shape index (κ1) is 19.6. The zero-order valence-electron chi connectivity index (χ0n) is 15.3. The van der Waals surface area contributed by atoms with Gasteiger partial charge in [0.1, 0.15) is 0 Å². The Morgan fingerprint density at radius 1 is 0.857 bits per heavy atom. The van der Waals surface area contributed by atoms with Gasteiger partial charge in [0.25, 0.3) is 5.91 Å². The molecular weight excluding hydrogens is 372 g/mol. The number of carbonyl (C=O) groups is 2. The molecule has 0 aromatic heterocycles. The lowest BCUT2D eigenvalue weighted by molar-refractivity contribution is -0.116. The highest BCUT2D eigenvalue weighted by Gasteiger charge is 2.09. The third kappa shape index (κ3) is 5.69. The molecule has 0 radical (unpaired) electrons. The van der Waals surface area contributed by atoms with Gasteiger partial charge in [-0.05, 0) is 41.8 Å². The number of rotatable bonds is 7. The van der Waals surface area contributed by atoms with Crippen molar-refractivity contribution < 1.29 is 9.59 Å². The second kappa shape index (κ2) is 9.72. The third-order valence-corrected chi connectivity index (χ3v) is 4.65. The molecule has 2 amide bonds. The van der Waals surface area contributed by atoms with E-state index in [4.69, 9.17) is 11.6 Å². The van der Waals surface area contributed by atoms with E-state index in [1.54, 1.807) is 24.3 Å². The molecule has 142 valence electrons. The Hall–Kier alpha value is -3.11. The second-order valence-electron chi connectivity index (χ2n) is 6.39. The van der Waals surface area contributed by atoms with Crippen LogP contribution in [0.5, 0.6) is 0 Å². The summed E-state index contributed by atoms with van der Waals surface area (Å²) in [5.74, 6) is -0.308. The minimum absolute atomic E-state index is 0.123. The molecule has 0 unspecified atom stereocenters. The van der Waals surface area contributed by atoms with Crippen molar-refractivity contribution in [2.24, 2.45) is 0 Å². The van der Waals surface area contributed by atoms with E-state index in [9.17, 15) is 9.59 Å². The fourth-order valence-electron chi connectivity index (χ4n) is 2.79. The standard InChI is InChI=1S/C23H21ClN2O2/c24-21-12-5-4-9-18(21)13-14-22(27)26-20-11-6-10-19(15-20)23(28)25-16-17-7-2-1-3-8-17/h1-12,15H,13-14,16H2,(H,25,28)(H,26,27). The maximum absolute atomic E-state index is 12.4. The summed E-state index contributed by atoms with van der Waals surface area (Å²) in [5, 5.41) is 6.38. The highest BCUT2D eigenvalue weighted by Crippen LogP contribution is 2.17. The molecule has 0 saturated carbocycles. The molecule has 2 N–H and O–H groups in total. The van der Waals surface area contributed by atoms with Crippen LogP contribution in [0.15, 0.2) is 78.9 Å². The Kier molecular flexibility index (Phi) is 6.82. The Morgan fingerprint density at radius 3 is 2.39 bits per heavy atom. The van der Waals surface area contributed by atoms with Crippen LogP contribution in [-0.2, 0) is 17.8 Å². The average Bonchev–Trinajstić information content (AvgIpc) is 2.72. The Bertz CT molecular complexity index is 958. The number of hydrogen-bond acceptors (Lipinski definition) is 2. The Balaban J connectivity index is 1.54. The topological polar surface area (TPSA) is 58.2 Å². The highest BCUT2D eigenvalue weighted by atomic mass is 35.5. The summed E-state index contributed by atoms with van der Waals surface area (Å²) in [6.07, 6.45) is 0.872. The second-order valence-corrected chi connectivity index (χ2v) is 6.80. The van der Waals surface area contributed by atoms with Gasteiger partial charge in [-0.25, -0.2) is 0 Å². The quantitative estimate of drug-likeness (QED) is 0.604. The Labute approximate surface area is 169 Å². The number of benzene rings is 3. The van der Waals surface area contributed by atoms with Crippen LogP contribution >= 0.6 is 11.6 Å². The van der Waals surface area contributed by atoms with Crippen molar-refractivity contribution in [2.75, 3.05) is 5.32 Å². The van der Waals surface area contributed by atoms with Crippen LogP contribution < -0.4 is 10.6 Å². The zero-order chi connectivity index (χ0) is 19.8. The first-order valence-corrected chi connectivity index (χ1v) is 9.45. The number of halogens is 1. The monoisotopic (exact) mass is 392 g/mol. The highest BCUT2D eigenvalue weighted by molar-refractivity contribution is 6.31.